The van der Waals surface area contributed by atoms with Gasteiger partial charge in [0.1, 0.15) is 5.60 Å². The van der Waals surface area contributed by atoms with Gasteiger partial charge in [0, 0.05) is 13.1 Å². The maximum atomic E-state index is 12.2. The number of carbonyl (C=O) groups is 1. The van der Waals surface area contributed by atoms with Crippen molar-refractivity contribution in [2.45, 2.75) is 58.5 Å². The lowest BCUT2D eigenvalue weighted by molar-refractivity contribution is 0.0175. The summed E-state index contributed by atoms with van der Waals surface area (Å²) in [6.07, 6.45) is 2.83. The Morgan fingerprint density at radius 1 is 1.25 bits per heavy atom. The van der Waals surface area contributed by atoms with Gasteiger partial charge in [0.2, 0.25) is 0 Å². The third kappa shape index (κ3) is 4.97. The number of hydrogen-bond acceptors (Lipinski definition) is 3. The Hall–Kier alpha value is -1.55. The fourth-order valence-electron chi connectivity index (χ4n) is 3.41. The molecule has 24 heavy (non-hydrogen) atoms. The molecule has 1 fully saturated rings. The number of hydrogen-bond donors (Lipinski definition) is 1. The van der Waals surface area contributed by atoms with E-state index in [0.717, 1.165) is 32.4 Å². The van der Waals surface area contributed by atoms with Crippen LogP contribution in [0.4, 0.5) is 4.79 Å². The van der Waals surface area contributed by atoms with Crippen molar-refractivity contribution in [1.82, 2.24) is 4.90 Å². The first-order chi connectivity index (χ1) is 11.3. The molecule has 0 bridgehead atoms. The van der Waals surface area contributed by atoms with Crippen LogP contribution >= 0.6 is 0 Å². The standard InChI is InChI=1S/C20H32N2O2/c1-5-15-6-8-16(9-7-15)18(14-21)17-10-12-22(13-11-17)19(23)24-20(2,3)4/h6-9,17-18H,5,10-14,21H2,1-4H3. The van der Waals surface area contributed by atoms with Gasteiger partial charge in [-0.05, 0) is 69.5 Å². The molecule has 1 unspecified atom stereocenters. The van der Waals surface area contributed by atoms with Gasteiger partial charge in [0.05, 0.1) is 0 Å². The van der Waals surface area contributed by atoms with Gasteiger partial charge in [-0.1, -0.05) is 31.2 Å². The van der Waals surface area contributed by atoms with Gasteiger partial charge in [-0.3, -0.25) is 0 Å². The number of amides is 1. The highest BCUT2D eigenvalue weighted by Gasteiger charge is 2.30. The molecule has 4 heteroatoms. The fraction of sp³-hybridized carbons (Fsp3) is 0.650. The highest BCUT2D eigenvalue weighted by atomic mass is 16.6. The number of carbonyl (C=O) groups excluding carboxylic acids is 1. The SMILES string of the molecule is CCc1ccc(C(CN)C2CCN(C(=O)OC(C)(C)C)CC2)cc1. The van der Waals surface area contributed by atoms with Gasteiger partial charge in [0.15, 0.2) is 0 Å². The Morgan fingerprint density at radius 3 is 2.29 bits per heavy atom. The summed E-state index contributed by atoms with van der Waals surface area (Å²) in [5, 5.41) is 0. The Morgan fingerprint density at radius 2 is 1.83 bits per heavy atom. The predicted octanol–water partition coefficient (Wildman–Crippen LogP) is 3.94. The van der Waals surface area contributed by atoms with Crippen molar-refractivity contribution in [3.05, 3.63) is 35.4 Å². The van der Waals surface area contributed by atoms with Crippen molar-refractivity contribution in [3.8, 4) is 0 Å². The van der Waals surface area contributed by atoms with Crippen LogP contribution in [0, 0.1) is 5.92 Å². The molecule has 2 rings (SSSR count). The monoisotopic (exact) mass is 332 g/mol. The third-order valence-corrected chi connectivity index (χ3v) is 4.83. The van der Waals surface area contributed by atoms with Crippen LogP contribution in [0.2, 0.25) is 0 Å². The summed E-state index contributed by atoms with van der Waals surface area (Å²) >= 11 is 0. The summed E-state index contributed by atoms with van der Waals surface area (Å²) in [6.45, 7) is 10.0. The Kier molecular flexibility index (Phi) is 6.27. The number of nitrogens with two attached hydrogens (primary N) is 1. The first-order valence-electron chi connectivity index (χ1n) is 9.11. The zero-order valence-corrected chi connectivity index (χ0v) is 15.5. The van der Waals surface area contributed by atoms with Gasteiger partial charge in [-0.15, -0.1) is 0 Å². The molecule has 0 aromatic heterocycles. The van der Waals surface area contributed by atoms with E-state index in [9.17, 15) is 4.79 Å². The van der Waals surface area contributed by atoms with E-state index in [4.69, 9.17) is 10.5 Å². The van der Waals surface area contributed by atoms with Gasteiger partial charge < -0.3 is 15.4 Å². The van der Waals surface area contributed by atoms with Crippen LogP contribution in [-0.4, -0.2) is 36.2 Å². The number of nitrogens with zero attached hydrogens (tertiary/aromatic N) is 1. The molecule has 1 aromatic carbocycles. The summed E-state index contributed by atoms with van der Waals surface area (Å²) < 4.78 is 5.47. The summed E-state index contributed by atoms with van der Waals surface area (Å²) in [5.41, 5.74) is 8.32. The predicted molar refractivity (Wildman–Crippen MR) is 98.1 cm³/mol. The van der Waals surface area contributed by atoms with Gasteiger partial charge in [0.25, 0.3) is 0 Å². The van der Waals surface area contributed by atoms with Crippen LogP contribution in [0.3, 0.4) is 0 Å². The molecule has 1 atom stereocenters. The van der Waals surface area contributed by atoms with E-state index in [1.165, 1.54) is 11.1 Å². The largest absolute Gasteiger partial charge is 0.444 e. The number of likely N-dealkylation sites (tertiary alicyclic amines) is 1. The molecular formula is C20H32N2O2. The molecule has 0 aliphatic carbocycles. The highest BCUT2D eigenvalue weighted by Crippen LogP contribution is 2.32. The maximum absolute atomic E-state index is 12.2. The fourth-order valence-corrected chi connectivity index (χ4v) is 3.41. The van der Waals surface area contributed by atoms with E-state index >= 15 is 0 Å². The van der Waals surface area contributed by atoms with E-state index in [0.29, 0.717) is 18.4 Å². The minimum atomic E-state index is -0.436. The highest BCUT2D eigenvalue weighted by molar-refractivity contribution is 5.68. The lowest BCUT2D eigenvalue weighted by Gasteiger charge is -2.36. The van der Waals surface area contributed by atoms with E-state index in [1.54, 1.807) is 0 Å². The first kappa shape index (κ1) is 18.8. The maximum Gasteiger partial charge on any atom is 0.410 e. The van der Waals surface area contributed by atoms with Gasteiger partial charge in [-0.2, -0.15) is 0 Å². The summed E-state index contributed by atoms with van der Waals surface area (Å²) in [4.78, 5) is 14.0. The Balaban J connectivity index is 1.95. The smallest absolute Gasteiger partial charge is 0.410 e. The zero-order chi connectivity index (χ0) is 17.7. The van der Waals surface area contributed by atoms with Crippen molar-refractivity contribution in [2.24, 2.45) is 11.7 Å². The summed E-state index contributed by atoms with van der Waals surface area (Å²) in [5.74, 6) is 0.901. The van der Waals surface area contributed by atoms with E-state index in [1.807, 2.05) is 25.7 Å². The second-order valence-electron chi connectivity index (χ2n) is 7.74. The molecule has 0 radical (unpaired) electrons. The Labute approximate surface area is 146 Å². The van der Waals surface area contributed by atoms with Crippen LogP contribution in [0.15, 0.2) is 24.3 Å². The zero-order valence-electron chi connectivity index (χ0n) is 15.5. The molecule has 1 saturated heterocycles. The van der Waals surface area contributed by atoms with Gasteiger partial charge in [-0.25, -0.2) is 4.79 Å². The third-order valence-electron chi connectivity index (χ3n) is 4.83. The lowest BCUT2D eigenvalue weighted by Crippen LogP contribution is -2.43. The van der Waals surface area contributed by atoms with Crippen molar-refractivity contribution >= 4 is 6.09 Å². The van der Waals surface area contributed by atoms with Crippen LogP contribution in [0.5, 0.6) is 0 Å². The van der Waals surface area contributed by atoms with Crippen LogP contribution < -0.4 is 5.73 Å². The van der Waals surface area contributed by atoms with E-state index < -0.39 is 5.60 Å². The van der Waals surface area contributed by atoms with Crippen molar-refractivity contribution < 1.29 is 9.53 Å². The molecule has 2 N–H and O–H groups in total. The normalized spacial score (nSPS) is 17.6. The van der Waals surface area contributed by atoms with Crippen molar-refractivity contribution in [1.29, 1.82) is 0 Å². The summed E-state index contributed by atoms with van der Waals surface area (Å²) in [6, 6.07) is 8.84. The molecule has 4 nitrogen and oxygen atoms in total. The second kappa shape index (κ2) is 8.02. The molecule has 1 aliphatic heterocycles. The molecule has 1 amide bonds. The molecule has 1 aromatic rings. The van der Waals surface area contributed by atoms with Crippen molar-refractivity contribution in [2.75, 3.05) is 19.6 Å². The molecule has 134 valence electrons. The molecule has 0 spiro atoms. The summed E-state index contributed by atoms with van der Waals surface area (Å²) in [7, 11) is 0. The van der Waals surface area contributed by atoms with Crippen LogP contribution in [-0.2, 0) is 11.2 Å². The quantitative estimate of drug-likeness (QED) is 0.908. The molecule has 0 saturated carbocycles. The average Bonchev–Trinajstić information content (AvgIpc) is 2.55. The topological polar surface area (TPSA) is 55.6 Å². The van der Waals surface area contributed by atoms with E-state index in [-0.39, 0.29) is 6.09 Å². The number of piperidine rings is 1. The minimum Gasteiger partial charge on any atom is -0.444 e. The van der Waals surface area contributed by atoms with Crippen molar-refractivity contribution in [3.63, 3.8) is 0 Å². The number of benzene rings is 1. The number of aryl methyl sites for hydroxylation is 1. The van der Waals surface area contributed by atoms with Crippen LogP contribution in [0.25, 0.3) is 0 Å². The molecule has 1 heterocycles. The molecule has 1 aliphatic rings. The first-order valence-corrected chi connectivity index (χ1v) is 9.11. The van der Waals surface area contributed by atoms with Gasteiger partial charge >= 0.3 is 6.09 Å². The minimum absolute atomic E-state index is 0.197. The second-order valence-corrected chi connectivity index (χ2v) is 7.74. The van der Waals surface area contributed by atoms with Crippen LogP contribution in [0.1, 0.15) is 57.6 Å². The Bertz CT molecular complexity index is 526. The molecular weight excluding hydrogens is 300 g/mol. The lowest BCUT2D eigenvalue weighted by atomic mass is 9.80. The number of rotatable bonds is 4. The number of ether oxygens (including phenoxy) is 1. The average molecular weight is 332 g/mol. The van der Waals surface area contributed by atoms with E-state index in [2.05, 4.69) is 31.2 Å².